The zero-order valence-electron chi connectivity index (χ0n) is 11.2. The topological polar surface area (TPSA) is 29.6 Å². The largest absolute Gasteiger partial charge is 0.365 e. The molecule has 3 aliphatic carbocycles. The minimum absolute atomic E-state index is 0.104. The Kier molecular flexibility index (Phi) is 1.55. The van der Waals surface area contributed by atoms with Gasteiger partial charge in [0.15, 0.2) is 0 Å². The number of rotatable bonds is 0. The average Bonchev–Trinajstić information content (AvgIpc) is 2.88. The molecular weight excluding hydrogens is 212 g/mol. The number of hydrogen-bond acceptors (Lipinski definition) is 2. The zero-order valence-corrected chi connectivity index (χ0v) is 11.2. The molecule has 2 heteroatoms. The standard InChI is InChI=1S/C15H22O2/c1-13(2)6-5-7-14(3)8-9(13)12-15(4,17-12)11(14)10(8)16/h8-9,11-12H,5-7H2,1-4H3. The fourth-order valence-electron chi connectivity index (χ4n) is 5.77. The summed E-state index contributed by atoms with van der Waals surface area (Å²) < 4.78 is 6.04. The maximum absolute atomic E-state index is 12.5. The molecule has 2 nitrogen and oxygen atoms in total. The third-order valence-electron chi connectivity index (χ3n) is 6.55. The normalized spacial score (nSPS) is 62.2. The van der Waals surface area contributed by atoms with E-state index in [1.807, 2.05) is 0 Å². The summed E-state index contributed by atoms with van der Waals surface area (Å²) in [4.78, 5) is 12.5. The second-order valence-corrected chi connectivity index (χ2v) is 7.91. The fourth-order valence-corrected chi connectivity index (χ4v) is 5.77. The number of carbonyl (C=O) groups excluding carboxylic acids is 1. The van der Waals surface area contributed by atoms with E-state index in [9.17, 15) is 4.79 Å². The van der Waals surface area contributed by atoms with Crippen LogP contribution in [0.5, 0.6) is 0 Å². The number of fused-ring (bicyclic) bond motifs is 3. The molecule has 0 amide bonds. The van der Waals surface area contributed by atoms with Gasteiger partial charge in [0.25, 0.3) is 0 Å². The Hall–Kier alpha value is -0.370. The highest BCUT2D eigenvalue weighted by Crippen LogP contribution is 2.75. The molecule has 4 aliphatic rings. The predicted octanol–water partition coefficient (Wildman–Crippen LogP) is 2.81. The van der Waals surface area contributed by atoms with E-state index in [2.05, 4.69) is 27.7 Å². The molecule has 6 unspecified atom stereocenters. The molecule has 0 N–H and O–H groups in total. The highest BCUT2D eigenvalue weighted by molar-refractivity contribution is 5.95. The van der Waals surface area contributed by atoms with E-state index in [1.54, 1.807) is 0 Å². The third kappa shape index (κ3) is 0.905. The fraction of sp³-hybridized carbons (Fsp3) is 0.933. The molecule has 4 bridgehead atoms. The van der Waals surface area contributed by atoms with E-state index in [1.165, 1.54) is 19.3 Å². The van der Waals surface area contributed by atoms with Crippen LogP contribution in [0.15, 0.2) is 0 Å². The van der Waals surface area contributed by atoms with Crippen molar-refractivity contribution in [2.45, 2.75) is 58.7 Å². The quantitative estimate of drug-likeness (QED) is 0.603. The van der Waals surface area contributed by atoms with E-state index in [0.29, 0.717) is 23.7 Å². The van der Waals surface area contributed by atoms with Crippen LogP contribution in [0.2, 0.25) is 0 Å². The van der Waals surface area contributed by atoms with Crippen LogP contribution in [-0.2, 0) is 9.53 Å². The number of Topliss-reactive ketones (excluding diaryl/α,β-unsaturated/α-hetero) is 1. The van der Waals surface area contributed by atoms with E-state index in [0.717, 1.165) is 0 Å². The van der Waals surface area contributed by atoms with Crippen molar-refractivity contribution >= 4 is 5.78 Å². The van der Waals surface area contributed by atoms with Gasteiger partial charge in [0.1, 0.15) is 11.4 Å². The molecule has 17 heavy (non-hydrogen) atoms. The molecule has 1 aliphatic heterocycles. The molecule has 3 saturated carbocycles. The van der Waals surface area contributed by atoms with Crippen LogP contribution < -0.4 is 0 Å². The second kappa shape index (κ2) is 2.49. The summed E-state index contributed by atoms with van der Waals surface area (Å²) in [7, 11) is 0. The van der Waals surface area contributed by atoms with Crippen molar-refractivity contribution in [3.63, 3.8) is 0 Å². The Morgan fingerprint density at radius 3 is 2.59 bits per heavy atom. The van der Waals surface area contributed by atoms with Gasteiger partial charge < -0.3 is 4.74 Å². The van der Waals surface area contributed by atoms with Gasteiger partial charge in [-0.25, -0.2) is 0 Å². The molecule has 1 heterocycles. The Balaban J connectivity index is 1.89. The molecule has 6 atom stereocenters. The highest BCUT2D eigenvalue weighted by atomic mass is 16.6. The van der Waals surface area contributed by atoms with Crippen LogP contribution in [-0.4, -0.2) is 17.5 Å². The molecule has 0 aromatic carbocycles. The number of carbonyl (C=O) groups is 1. The molecule has 0 aromatic rings. The lowest BCUT2D eigenvalue weighted by atomic mass is 9.39. The summed E-state index contributed by atoms with van der Waals surface area (Å²) in [5, 5.41) is 0. The summed E-state index contributed by atoms with van der Waals surface area (Å²) in [6.45, 7) is 9.22. The van der Waals surface area contributed by atoms with E-state index < -0.39 is 0 Å². The van der Waals surface area contributed by atoms with Crippen molar-refractivity contribution in [3.05, 3.63) is 0 Å². The van der Waals surface area contributed by atoms with Gasteiger partial charge in [-0.1, -0.05) is 27.2 Å². The van der Waals surface area contributed by atoms with E-state index in [4.69, 9.17) is 4.74 Å². The van der Waals surface area contributed by atoms with Crippen molar-refractivity contribution in [3.8, 4) is 0 Å². The molecule has 0 spiro atoms. The molecule has 94 valence electrons. The molecular formula is C15H22O2. The lowest BCUT2D eigenvalue weighted by molar-refractivity contribution is -0.176. The van der Waals surface area contributed by atoms with Gasteiger partial charge in [0.2, 0.25) is 0 Å². The zero-order chi connectivity index (χ0) is 12.2. The summed E-state index contributed by atoms with van der Waals surface area (Å²) in [6.07, 6.45) is 4.12. The lowest BCUT2D eigenvalue weighted by Crippen LogP contribution is -2.69. The minimum atomic E-state index is -0.104. The third-order valence-corrected chi connectivity index (χ3v) is 6.55. The number of ether oxygens (including phenoxy) is 1. The van der Waals surface area contributed by atoms with Gasteiger partial charge in [-0.2, -0.15) is 0 Å². The molecule has 4 rings (SSSR count). The summed E-state index contributed by atoms with van der Waals surface area (Å²) in [5.74, 6) is 1.49. The maximum Gasteiger partial charge on any atom is 0.143 e. The SMILES string of the molecule is CC1(C)CCCC2(C)C3C(=O)C2C2(C)OC2C31. The predicted molar refractivity (Wildman–Crippen MR) is 64.5 cm³/mol. The minimum Gasteiger partial charge on any atom is -0.365 e. The average molecular weight is 234 g/mol. The summed E-state index contributed by atoms with van der Waals surface area (Å²) in [5.41, 5.74) is 0.413. The monoisotopic (exact) mass is 234 g/mol. The smallest absolute Gasteiger partial charge is 0.143 e. The van der Waals surface area contributed by atoms with Crippen molar-refractivity contribution in [2.24, 2.45) is 28.6 Å². The van der Waals surface area contributed by atoms with Crippen LogP contribution in [0, 0.1) is 28.6 Å². The van der Waals surface area contributed by atoms with Crippen LogP contribution in [0.25, 0.3) is 0 Å². The van der Waals surface area contributed by atoms with Crippen LogP contribution >= 0.6 is 0 Å². The van der Waals surface area contributed by atoms with Gasteiger partial charge in [-0.05, 0) is 30.6 Å². The second-order valence-electron chi connectivity index (χ2n) is 7.91. The van der Waals surface area contributed by atoms with Crippen LogP contribution in [0.3, 0.4) is 0 Å². The first-order chi connectivity index (χ1) is 7.82. The number of epoxide rings is 1. The van der Waals surface area contributed by atoms with E-state index in [-0.39, 0.29) is 22.3 Å². The Morgan fingerprint density at radius 1 is 1.18 bits per heavy atom. The summed E-state index contributed by atoms with van der Waals surface area (Å²) >= 11 is 0. The van der Waals surface area contributed by atoms with E-state index >= 15 is 0 Å². The maximum atomic E-state index is 12.5. The lowest BCUT2D eigenvalue weighted by Gasteiger charge is -2.61. The highest BCUT2D eigenvalue weighted by Gasteiger charge is 2.83. The van der Waals surface area contributed by atoms with Gasteiger partial charge in [-0.3, -0.25) is 4.79 Å². The van der Waals surface area contributed by atoms with Gasteiger partial charge in [0.05, 0.1) is 12.0 Å². The molecule has 1 saturated heterocycles. The first-order valence-electron chi connectivity index (χ1n) is 7.04. The van der Waals surface area contributed by atoms with Gasteiger partial charge in [-0.15, -0.1) is 0 Å². The van der Waals surface area contributed by atoms with Crippen molar-refractivity contribution in [1.82, 2.24) is 0 Å². The van der Waals surface area contributed by atoms with Crippen molar-refractivity contribution < 1.29 is 9.53 Å². The first kappa shape index (κ1) is 10.5. The van der Waals surface area contributed by atoms with Crippen LogP contribution in [0.4, 0.5) is 0 Å². The molecule has 4 fully saturated rings. The van der Waals surface area contributed by atoms with Crippen molar-refractivity contribution in [2.75, 3.05) is 0 Å². The Bertz CT molecular complexity index is 427. The Labute approximate surface area is 103 Å². The first-order valence-corrected chi connectivity index (χ1v) is 7.04. The number of hydrogen-bond donors (Lipinski definition) is 0. The Morgan fingerprint density at radius 2 is 1.88 bits per heavy atom. The van der Waals surface area contributed by atoms with Crippen LogP contribution in [0.1, 0.15) is 47.0 Å². The summed E-state index contributed by atoms with van der Waals surface area (Å²) in [6, 6.07) is 0. The van der Waals surface area contributed by atoms with Gasteiger partial charge >= 0.3 is 0 Å². The van der Waals surface area contributed by atoms with Gasteiger partial charge in [0, 0.05) is 11.8 Å². The molecule has 0 radical (unpaired) electrons. The number of ketones is 1. The van der Waals surface area contributed by atoms with Crippen molar-refractivity contribution in [1.29, 1.82) is 0 Å². The molecule has 0 aromatic heterocycles.